The predicted octanol–water partition coefficient (Wildman–Crippen LogP) is 8.22. The van der Waals surface area contributed by atoms with Gasteiger partial charge in [0.15, 0.2) is 0 Å². The van der Waals surface area contributed by atoms with Crippen LogP contribution in [0.4, 0.5) is 0 Å². The number of para-hydroxylation sites is 1. The molecule has 0 aliphatic rings. The van der Waals surface area contributed by atoms with Crippen molar-refractivity contribution in [3.63, 3.8) is 0 Å². The highest BCUT2D eigenvalue weighted by Crippen LogP contribution is 2.37. The van der Waals surface area contributed by atoms with Crippen LogP contribution in [-0.4, -0.2) is 9.97 Å². The fourth-order valence-corrected chi connectivity index (χ4v) is 4.00. The van der Waals surface area contributed by atoms with E-state index in [1.165, 1.54) is 36.5 Å². The Kier molecular flexibility index (Phi) is 2.88. The van der Waals surface area contributed by atoms with Gasteiger partial charge in [-0.1, -0.05) is 51.1 Å². The Bertz CT molecular complexity index is 1890. The van der Waals surface area contributed by atoms with E-state index in [-0.39, 0.29) is 39.2 Å². The predicted molar refractivity (Wildman–Crippen MR) is 138 cm³/mol. The largest absolute Gasteiger partial charge is 0.437 e. The van der Waals surface area contributed by atoms with Gasteiger partial charge in [-0.05, 0) is 84.4 Å². The average molecular weight is 446 g/mol. The second-order valence-corrected chi connectivity index (χ2v) is 9.08. The summed E-state index contributed by atoms with van der Waals surface area (Å²) in [6, 6.07) is 14.0. The molecule has 0 spiro atoms. The first-order valence-corrected chi connectivity index (χ1v) is 10.6. The van der Waals surface area contributed by atoms with Crippen LogP contribution in [0.1, 0.15) is 58.2 Å². The summed E-state index contributed by atoms with van der Waals surface area (Å²) >= 11 is 0. The summed E-state index contributed by atoms with van der Waals surface area (Å²) in [7, 11) is 0. The van der Waals surface area contributed by atoms with Crippen LogP contribution in [0.2, 0.25) is 0 Å². The summed E-state index contributed by atoms with van der Waals surface area (Å²) in [5.74, 6) is 0. The molecule has 0 N–H and O–H groups in total. The molecule has 3 nitrogen and oxygen atoms in total. The van der Waals surface area contributed by atoms with Gasteiger partial charge in [-0.25, -0.2) is 4.98 Å². The number of aromatic nitrogens is 2. The first kappa shape index (κ1) is 12.1. The standard InChI is InChI=1S/C30H30N2O/c1-18-14-21(16-30(4,5)6)11-13-22(18)26-15-27(31-17-19(26)2)25-9-7-8-23-24-12-10-20(3)32-29(24)33-28(23)25/h7-15,17H,16H2,1-6H3/i1D3,2D3,3D3,16D2. The molecule has 0 saturated heterocycles. The minimum atomic E-state index is -2.69. The summed E-state index contributed by atoms with van der Waals surface area (Å²) in [5.41, 5.74) is 0.298. The molecule has 166 valence electrons. The van der Waals surface area contributed by atoms with Gasteiger partial charge in [-0.2, -0.15) is 0 Å². The normalized spacial score (nSPS) is 18.6. The molecule has 0 fully saturated rings. The lowest BCUT2D eigenvalue weighted by Crippen LogP contribution is -2.09. The quantitative estimate of drug-likeness (QED) is 0.281. The minimum absolute atomic E-state index is 0.111. The number of hydrogen-bond donors (Lipinski definition) is 0. The lowest BCUT2D eigenvalue weighted by atomic mass is 9.86. The fourth-order valence-electron chi connectivity index (χ4n) is 4.00. The Morgan fingerprint density at radius 2 is 1.76 bits per heavy atom. The maximum atomic E-state index is 8.69. The van der Waals surface area contributed by atoms with Crippen molar-refractivity contribution in [2.75, 3.05) is 0 Å². The number of pyridine rings is 2. The molecule has 3 heterocycles. The highest BCUT2D eigenvalue weighted by Gasteiger charge is 2.17. The molecular weight excluding hydrogens is 404 g/mol. The van der Waals surface area contributed by atoms with Crippen molar-refractivity contribution in [2.24, 2.45) is 5.41 Å². The lowest BCUT2D eigenvalue weighted by molar-refractivity contribution is 0.411. The highest BCUT2D eigenvalue weighted by atomic mass is 16.3. The van der Waals surface area contributed by atoms with E-state index in [0.29, 0.717) is 27.6 Å². The van der Waals surface area contributed by atoms with Crippen LogP contribution >= 0.6 is 0 Å². The van der Waals surface area contributed by atoms with Gasteiger partial charge in [-0.3, -0.25) is 4.98 Å². The summed E-state index contributed by atoms with van der Waals surface area (Å²) in [4.78, 5) is 8.63. The van der Waals surface area contributed by atoms with E-state index >= 15 is 0 Å². The van der Waals surface area contributed by atoms with Crippen molar-refractivity contribution < 1.29 is 19.5 Å². The molecule has 3 heteroatoms. The highest BCUT2D eigenvalue weighted by molar-refractivity contribution is 6.08. The van der Waals surface area contributed by atoms with E-state index in [2.05, 4.69) is 9.97 Å². The Balaban J connectivity index is 1.77. The molecule has 5 aromatic rings. The Hall–Kier alpha value is -3.46. The van der Waals surface area contributed by atoms with Crippen LogP contribution in [0.5, 0.6) is 0 Å². The van der Waals surface area contributed by atoms with Crippen molar-refractivity contribution >= 4 is 22.1 Å². The zero-order chi connectivity index (χ0) is 32.6. The molecule has 0 radical (unpaired) electrons. The molecule has 0 amide bonds. The smallest absolute Gasteiger partial charge is 0.227 e. The third kappa shape index (κ3) is 4.04. The fraction of sp³-hybridized carbons (Fsp3) is 0.267. The molecular formula is C30H30N2O. The molecule has 0 saturated carbocycles. The van der Waals surface area contributed by atoms with Crippen molar-refractivity contribution in [3.05, 3.63) is 83.2 Å². The maximum Gasteiger partial charge on any atom is 0.227 e. The number of benzene rings is 2. The number of hydrogen-bond acceptors (Lipinski definition) is 3. The third-order valence-corrected chi connectivity index (χ3v) is 5.37. The zero-order valence-corrected chi connectivity index (χ0v) is 18.6. The molecule has 5 rings (SSSR count). The van der Waals surface area contributed by atoms with E-state index in [1.54, 1.807) is 45.0 Å². The second kappa shape index (κ2) is 7.84. The van der Waals surface area contributed by atoms with Crippen molar-refractivity contribution in [1.29, 1.82) is 0 Å². The van der Waals surface area contributed by atoms with Gasteiger partial charge in [0.1, 0.15) is 5.58 Å². The van der Waals surface area contributed by atoms with Crippen molar-refractivity contribution in [1.82, 2.24) is 9.97 Å². The number of furan rings is 1. The molecule has 0 bridgehead atoms. The number of rotatable bonds is 3. The Labute approximate surface area is 211 Å². The molecule has 3 aromatic heterocycles. The van der Waals surface area contributed by atoms with E-state index in [0.717, 1.165) is 0 Å². The summed E-state index contributed by atoms with van der Waals surface area (Å²) in [6.45, 7) is -2.62. The number of fused-ring (bicyclic) bond motifs is 3. The van der Waals surface area contributed by atoms with Gasteiger partial charge < -0.3 is 4.42 Å². The first-order chi connectivity index (χ1) is 20.1. The zero-order valence-electron chi connectivity index (χ0n) is 29.6. The Morgan fingerprint density at radius 1 is 0.879 bits per heavy atom. The van der Waals surface area contributed by atoms with Gasteiger partial charge in [0, 0.05) is 43.3 Å². The summed E-state index contributed by atoms with van der Waals surface area (Å²) in [5, 5.41) is 1.23. The van der Waals surface area contributed by atoms with Gasteiger partial charge in [0.25, 0.3) is 0 Å². The van der Waals surface area contributed by atoms with E-state index < -0.39 is 32.3 Å². The van der Waals surface area contributed by atoms with Crippen LogP contribution in [-0.2, 0) is 6.37 Å². The second-order valence-electron chi connectivity index (χ2n) is 9.08. The minimum Gasteiger partial charge on any atom is -0.437 e. The molecule has 0 atom stereocenters. The molecule has 0 aliphatic carbocycles. The van der Waals surface area contributed by atoms with Crippen LogP contribution in [0.3, 0.4) is 0 Å². The molecule has 33 heavy (non-hydrogen) atoms. The summed E-state index contributed by atoms with van der Waals surface area (Å²) < 4.78 is 95.9. The summed E-state index contributed by atoms with van der Waals surface area (Å²) in [6.07, 6.45) is -0.693. The van der Waals surface area contributed by atoms with E-state index in [9.17, 15) is 0 Å². The molecule has 2 aromatic carbocycles. The maximum absolute atomic E-state index is 8.69. The van der Waals surface area contributed by atoms with Crippen LogP contribution in [0.15, 0.2) is 65.2 Å². The number of nitrogens with zero attached hydrogens (tertiary/aromatic N) is 2. The van der Waals surface area contributed by atoms with E-state index in [1.807, 2.05) is 0 Å². The lowest BCUT2D eigenvalue weighted by Gasteiger charge is -2.19. The van der Waals surface area contributed by atoms with Gasteiger partial charge in [0.2, 0.25) is 5.71 Å². The molecule has 0 unspecified atom stereocenters. The SMILES string of the molecule is [2H]C([2H])([2H])c1ccc2c(n1)oc1c(-c3cc(-c4ccc(C([2H])([2H])C(C)(C)C)cc4C([2H])([2H])[2H])c(C([2H])([2H])[2H])cn3)cccc12. The molecule has 0 aliphatic heterocycles. The van der Waals surface area contributed by atoms with Gasteiger partial charge in [0.05, 0.1) is 5.69 Å². The van der Waals surface area contributed by atoms with Crippen molar-refractivity contribution in [2.45, 2.75) is 47.7 Å². The average Bonchev–Trinajstić information content (AvgIpc) is 3.28. The van der Waals surface area contributed by atoms with Crippen LogP contribution in [0, 0.1) is 26.0 Å². The van der Waals surface area contributed by atoms with Crippen molar-refractivity contribution in [3.8, 4) is 22.4 Å². The topological polar surface area (TPSA) is 38.9 Å². The number of aryl methyl sites for hydroxylation is 3. The van der Waals surface area contributed by atoms with Crippen LogP contribution < -0.4 is 0 Å². The monoisotopic (exact) mass is 445 g/mol. The first-order valence-electron chi connectivity index (χ1n) is 16.1. The van der Waals surface area contributed by atoms with Gasteiger partial charge in [-0.15, -0.1) is 0 Å². The van der Waals surface area contributed by atoms with E-state index in [4.69, 9.17) is 19.5 Å². The Morgan fingerprint density at radius 3 is 2.55 bits per heavy atom. The van der Waals surface area contributed by atoms with Crippen LogP contribution in [0.25, 0.3) is 44.5 Å². The van der Waals surface area contributed by atoms with Gasteiger partial charge >= 0.3 is 0 Å². The third-order valence-electron chi connectivity index (χ3n) is 5.37.